The average molecular weight is 329 g/mol. The smallest absolute Gasteiger partial charge is 0.369 e. The Balaban J connectivity index is 1.85. The summed E-state index contributed by atoms with van der Waals surface area (Å²) >= 11 is 0. The molecular formula is C16H20F3N2O2. The van der Waals surface area contributed by atoms with E-state index in [1.54, 1.807) is 0 Å². The lowest BCUT2D eigenvalue weighted by atomic mass is 10.1. The van der Waals surface area contributed by atoms with Crippen LogP contribution in [-0.4, -0.2) is 35.7 Å². The van der Waals surface area contributed by atoms with Crippen LogP contribution in [0.2, 0.25) is 0 Å². The number of likely N-dealkylation sites (tertiary alicyclic amines) is 1. The molecule has 1 fully saturated rings. The number of nitrogens with one attached hydrogen (secondary N) is 1. The maximum absolute atomic E-state index is 12.9. The average Bonchev–Trinajstić information content (AvgIpc) is 2.38. The van der Waals surface area contributed by atoms with E-state index >= 15 is 0 Å². The summed E-state index contributed by atoms with van der Waals surface area (Å²) in [5, 5.41) is 2.51. The van der Waals surface area contributed by atoms with E-state index in [1.165, 1.54) is 17.0 Å². The molecule has 1 radical (unpaired) electrons. The molecule has 0 atom stereocenters. The van der Waals surface area contributed by atoms with Crippen molar-refractivity contribution in [3.05, 3.63) is 35.4 Å². The van der Waals surface area contributed by atoms with Crippen molar-refractivity contribution in [3.63, 3.8) is 0 Å². The number of rotatable bonds is 3. The molecule has 7 heteroatoms. The summed E-state index contributed by atoms with van der Waals surface area (Å²) in [7, 11) is 0. The minimum Gasteiger partial charge on any atom is -0.369 e. The van der Waals surface area contributed by atoms with Crippen LogP contribution in [0.5, 0.6) is 0 Å². The molecule has 1 aliphatic heterocycles. The van der Waals surface area contributed by atoms with Gasteiger partial charge in [0, 0.05) is 6.54 Å². The van der Waals surface area contributed by atoms with Crippen molar-refractivity contribution >= 4 is 6.03 Å². The van der Waals surface area contributed by atoms with Gasteiger partial charge in [-0.25, -0.2) is 4.79 Å². The van der Waals surface area contributed by atoms with Gasteiger partial charge in [0.15, 0.2) is 0 Å². The van der Waals surface area contributed by atoms with E-state index in [9.17, 15) is 18.0 Å². The highest BCUT2D eigenvalue weighted by molar-refractivity contribution is 5.75. The molecule has 1 aromatic rings. The number of amides is 2. The summed E-state index contributed by atoms with van der Waals surface area (Å²) in [5.41, 5.74) is -1.04. The lowest BCUT2D eigenvalue weighted by Crippen LogP contribution is -2.59. The molecule has 1 aliphatic rings. The molecule has 1 aromatic carbocycles. The van der Waals surface area contributed by atoms with E-state index in [0.29, 0.717) is 13.1 Å². The minimum absolute atomic E-state index is 0.0209. The van der Waals surface area contributed by atoms with Crippen LogP contribution in [0.3, 0.4) is 0 Å². The maximum atomic E-state index is 12.9. The molecule has 0 saturated carbocycles. The summed E-state index contributed by atoms with van der Waals surface area (Å²) in [6, 6.07) is 5.61. The molecule has 127 valence electrons. The van der Waals surface area contributed by atoms with E-state index in [-0.39, 0.29) is 29.8 Å². The summed E-state index contributed by atoms with van der Waals surface area (Å²) in [5.74, 6) is 0. The normalized spacial score (nSPS) is 16.2. The van der Waals surface area contributed by atoms with Crippen molar-refractivity contribution in [2.75, 3.05) is 13.1 Å². The Bertz CT molecular complexity index is 561. The molecule has 4 nitrogen and oxygen atoms in total. The van der Waals surface area contributed by atoms with Crippen molar-refractivity contribution < 1.29 is 22.7 Å². The van der Waals surface area contributed by atoms with Gasteiger partial charge >= 0.3 is 12.2 Å². The summed E-state index contributed by atoms with van der Waals surface area (Å²) in [6.07, 6.45) is -4.49. The van der Waals surface area contributed by atoms with Gasteiger partial charge in [0.05, 0.1) is 30.4 Å². The molecule has 0 unspecified atom stereocenters. The third-order valence-electron chi connectivity index (χ3n) is 3.35. The van der Waals surface area contributed by atoms with Crippen molar-refractivity contribution in [3.8, 4) is 0 Å². The first-order valence-corrected chi connectivity index (χ1v) is 7.33. The lowest BCUT2D eigenvalue weighted by Gasteiger charge is -2.41. The van der Waals surface area contributed by atoms with Crippen LogP contribution in [-0.2, 0) is 17.5 Å². The Labute approximate surface area is 133 Å². The van der Waals surface area contributed by atoms with Crippen molar-refractivity contribution in [1.82, 2.24) is 10.2 Å². The lowest BCUT2D eigenvalue weighted by molar-refractivity contribution is -0.138. The summed E-state index contributed by atoms with van der Waals surface area (Å²) in [4.78, 5) is 13.5. The third kappa shape index (κ3) is 4.86. The number of ether oxygens (including phenoxy) is 1. The fraction of sp³-hybridized carbons (Fsp3) is 0.562. The zero-order valence-corrected chi connectivity index (χ0v) is 13.3. The Kier molecular flexibility index (Phi) is 4.89. The van der Waals surface area contributed by atoms with Crippen LogP contribution >= 0.6 is 0 Å². The molecule has 0 spiro atoms. The first-order valence-electron chi connectivity index (χ1n) is 7.33. The highest BCUT2D eigenvalue weighted by Gasteiger charge is 2.35. The van der Waals surface area contributed by atoms with Crippen LogP contribution in [0.1, 0.15) is 31.9 Å². The van der Waals surface area contributed by atoms with Gasteiger partial charge in [-0.1, -0.05) is 12.1 Å². The molecule has 0 aliphatic carbocycles. The van der Waals surface area contributed by atoms with E-state index in [2.05, 4.69) is 11.4 Å². The molecule has 1 heterocycles. The zero-order valence-electron chi connectivity index (χ0n) is 13.3. The highest BCUT2D eigenvalue weighted by atomic mass is 19.4. The zero-order chi connectivity index (χ0) is 17.3. The molecule has 23 heavy (non-hydrogen) atoms. The molecular weight excluding hydrogens is 309 g/mol. The van der Waals surface area contributed by atoms with Crippen LogP contribution in [0.4, 0.5) is 18.0 Å². The second kappa shape index (κ2) is 6.39. The van der Waals surface area contributed by atoms with Crippen LogP contribution in [0.25, 0.3) is 0 Å². The molecule has 0 bridgehead atoms. The molecule has 2 rings (SSSR count). The van der Waals surface area contributed by atoms with Crippen molar-refractivity contribution in [2.45, 2.75) is 45.2 Å². The number of nitrogens with zero attached hydrogens (tertiary/aromatic N) is 1. The Morgan fingerprint density at radius 3 is 2.61 bits per heavy atom. The van der Waals surface area contributed by atoms with Gasteiger partial charge in [-0.05, 0) is 38.5 Å². The SMILES string of the molecule is CC(C)(C)OC1CN(C(=O)NCc2cc[c]cc2C(F)(F)F)C1. The fourth-order valence-electron chi connectivity index (χ4n) is 2.34. The first-order chi connectivity index (χ1) is 10.6. The van der Waals surface area contributed by atoms with Gasteiger partial charge in [-0.2, -0.15) is 13.2 Å². The predicted octanol–water partition coefficient (Wildman–Crippen LogP) is 3.21. The highest BCUT2D eigenvalue weighted by Crippen LogP contribution is 2.31. The molecule has 1 N–H and O–H groups in total. The van der Waals surface area contributed by atoms with Gasteiger partial charge in [-0.3, -0.25) is 0 Å². The van der Waals surface area contributed by atoms with Crippen LogP contribution in [0.15, 0.2) is 18.2 Å². The standard InChI is InChI=1S/C16H20F3N2O2/c1-15(2,3)23-12-9-21(10-12)14(22)20-8-11-6-4-5-7-13(11)16(17,18)19/h4,6-7,12H,8-10H2,1-3H3,(H,20,22). The van der Waals surface area contributed by atoms with Crippen molar-refractivity contribution in [2.24, 2.45) is 0 Å². The number of hydrogen-bond acceptors (Lipinski definition) is 2. The van der Waals surface area contributed by atoms with E-state index in [4.69, 9.17) is 4.74 Å². The molecule has 2 amide bonds. The number of benzene rings is 1. The number of hydrogen-bond donors (Lipinski definition) is 1. The second-order valence-electron chi connectivity index (χ2n) is 6.50. The maximum Gasteiger partial charge on any atom is 0.416 e. The fourth-order valence-corrected chi connectivity index (χ4v) is 2.34. The number of carbonyl (C=O) groups is 1. The predicted molar refractivity (Wildman–Crippen MR) is 78.7 cm³/mol. The molecule has 0 aromatic heterocycles. The second-order valence-corrected chi connectivity index (χ2v) is 6.50. The largest absolute Gasteiger partial charge is 0.416 e. The third-order valence-corrected chi connectivity index (χ3v) is 3.35. The number of alkyl halides is 3. The minimum atomic E-state index is -4.46. The van der Waals surface area contributed by atoms with Gasteiger partial charge < -0.3 is 15.0 Å². The number of carbonyl (C=O) groups excluding carboxylic acids is 1. The van der Waals surface area contributed by atoms with E-state index < -0.39 is 11.7 Å². The number of halogens is 3. The summed E-state index contributed by atoms with van der Waals surface area (Å²) < 4.78 is 44.3. The first kappa shape index (κ1) is 17.6. The van der Waals surface area contributed by atoms with E-state index in [0.717, 1.165) is 6.07 Å². The number of urea groups is 1. The van der Waals surface area contributed by atoms with Gasteiger partial charge in [0.1, 0.15) is 0 Å². The van der Waals surface area contributed by atoms with Gasteiger partial charge in [0.25, 0.3) is 0 Å². The van der Waals surface area contributed by atoms with Gasteiger partial charge in [-0.15, -0.1) is 0 Å². The summed E-state index contributed by atoms with van der Waals surface area (Å²) in [6.45, 7) is 6.50. The topological polar surface area (TPSA) is 41.6 Å². The Morgan fingerprint density at radius 1 is 1.39 bits per heavy atom. The van der Waals surface area contributed by atoms with Gasteiger partial charge in [0.2, 0.25) is 0 Å². The quantitative estimate of drug-likeness (QED) is 0.925. The molecule has 1 saturated heterocycles. The van der Waals surface area contributed by atoms with Crippen LogP contribution in [0, 0.1) is 6.07 Å². The van der Waals surface area contributed by atoms with Crippen molar-refractivity contribution in [1.29, 1.82) is 0 Å². The van der Waals surface area contributed by atoms with E-state index in [1.807, 2.05) is 20.8 Å². The monoisotopic (exact) mass is 329 g/mol. The Hall–Kier alpha value is -1.76. The Morgan fingerprint density at radius 2 is 2.04 bits per heavy atom. The van der Waals surface area contributed by atoms with Crippen LogP contribution < -0.4 is 5.32 Å².